The van der Waals surface area contributed by atoms with Crippen LogP contribution in [0.25, 0.3) is 0 Å². The molecule has 0 saturated carbocycles. The maximum atomic E-state index is 10.8. The first kappa shape index (κ1) is 17.1. The van der Waals surface area contributed by atoms with Crippen LogP contribution in [-0.4, -0.2) is 67.0 Å². The van der Waals surface area contributed by atoms with Crippen LogP contribution in [0.2, 0.25) is 0 Å². The smallest absolute Gasteiger partial charge is 0.148 e. The first-order chi connectivity index (χ1) is 12.5. The van der Waals surface area contributed by atoms with Crippen LogP contribution in [0.3, 0.4) is 0 Å². The molecule has 5 rings (SSSR count). The minimum absolute atomic E-state index is 0.0927. The van der Waals surface area contributed by atoms with Gasteiger partial charge in [-0.25, -0.2) is 0 Å². The van der Waals surface area contributed by atoms with E-state index in [0.717, 1.165) is 19.4 Å². The van der Waals surface area contributed by atoms with Gasteiger partial charge in [-0.3, -0.25) is 0 Å². The Balaban J connectivity index is 1.60. The van der Waals surface area contributed by atoms with Crippen molar-refractivity contribution in [3.05, 3.63) is 35.5 Å². The van der Waals surface area contributed by atoms with E-state index in [1.165, 1.54) is 11.1 Å². The second-order valence-corrected chi connectivity index (χ2v) is 8.59. The molecule has 2 heterocycles. The Labute approximate surface area is 155 Å². The Hall–Kier alpha value is -0.980. The fourth-order valence-electron chi connectivity index (χ4n) is 6.10. The van der Waals surface area contributed by atoms with Crippen LogP contribution >= 0.6 is 0 Å². The Bertz CT molecular complexity index is 700. The van der Waals surface area contributed by atoms with E-state index in [0.29, 0.717) is 18.6 Å². The van der Waals surface area contributed by atoms with E-state index in [1.54, 1.807) is 0 Å². The third kappa shape index (κ3) is 2.04. The summed E-state index contributed by atoms with van der Waals surface area (Å²) in [4.78, 5) is 2.49. The zero-order chi connectivity index (χ0) is 18.1. The molecular formula is C21H29NO4. The molecule has 5 heteroatoms. The van der Waals surface area contributed by atoms with Crippen molar-refractivity contribution >= 4 is 0 Å². The van der Waals surface area contributed by atoms with E-state index in [-0.39, 0.29) is 24.4 Å². The molecule has 5 aliphatic rings. The number of likely N-dealkylation sites (tertiary alicyclic amines) is 1. The van der Waals surface area contributed by atoms with Crippen LogP contribution in [0.4, 0.5) is 0 Å². The summed E-state index contributed by atoms with van der Waals surface area (Å²) in [5, 5.41) is 10.8. The molecule has 3 aliphatic carbocycles. The highest BCUT2D eigenvalue weighted by Crippen LogP contribution is 2.64. The molecule has 7 unspecified atom stereocenters. The second-order valence-electron chi connectivity index (χ2n) is 8.59. The van der Waals surface area contributed by atoms with Crippen molar-refractivity contribution in [1.82, 2.24) is 4.90 Å². The van der Waals surface area contributed by atoms with Gasteiger partial charge < -0.3 is 24.2 Å². The van der Waals surface area contributed by atoms with Crippen molar-refractivity contribution in [3.63, 3.8) is 0 Å². The number of allylic oxidation sites excluding steroid dienone is 1. The molecule has 0 radical (unpaired) electrons. The summed E-state index contributed by atoms with van der Waals surface area (Å²) in [5.41, 5.74) is 2.14. The molecule has 2 bridgehead atoms. The van der Waals surface area contributed by atoms with E-state index >= 15 is 0 Å². The topological polar surface area (TPSA) is 51.2 Å². The van der Waals surface area contributed by atoms with Crippen LogP contribution in [0.5, 0.6) is 0 Å². The molecule has 7 atom stereocenters. The SMILES string of the molecule is CCOCOC1(C)C=CC2=C3C1OC1C(O)C=CC4C(C2)N(C)CCC341. The van der Waals surface area contributed by atoms with Gasteiger partial charge in [-0.2, -0.15) is 0 Å². The number of aliphatic hydroxyl groups excluding tert-OH is 1. The van der Waals surface area contributed by atoms with Gasteiger partial charge in [0.1, 0.15) is 18.5 Å². The van der Waals surface area contributed by atoms with Crippen LogP contribution in [0, 0.1) is 11.3 Å². The van der Waals surface area contributed by atoms with Gasteiger partial charge in [-0.1, -0.05) is 18.2 Å². The van der Waals surface area contributed by atoms with Crippen molar-refractivity contribution in [1.29, 1.82) is 0 Å². The van der Waals surface area contributed by atoms with Crippen molar-refractivity contribution in [3.8, 4) is 0 Å². The molecule has 2 saturated heterocycles. The summed E-state index contributed by atoms with van der Waals surface area (Å²) in [6, 6.07) is 0.481. The summed E-state index contributed by atoms with van der Waals surface area (Å²) in [6.07, 6.45) is 9.79. The first-order valence-corrected chi connectivity index (χ1v) is 9.88. The lowest BCUT2D eigenvalue weighted by Crippen LogP contribution is -2.61. The number of piperidine rings is 1. The number of hydrogen-bond acceptors (Lipinski definition) is 5. The van der Waals surface area contributed by atoms with Crippen LogP contribution in [0.1, 0.15) is 26.7 Å². The average Bonchev–Trinajstić information content (AvgIpc) is 2.98. The highest BCUT2D eigenvalue weighted by Gasteiger charge is 2.68. The van der Waals surface area contributed by atoms with Gasteiger partial charge in [0.15, 0.2) is 0 Å². The minimum atomic E-state index is -0.555. The lowest BCUT2D eigenvalue weighted by atomic mass is 9.51. The van der Waals surface area contributed by atoms with Gasteiger partial charge >= 0.3 is 0 Å². The molecule has 0 amide bonds. The van der Waals surface area contributed by atoms with E-state index in [2.05, 4.69) is 37.1 Å². The van der Waals surface area contributed by atoms with Crippen molar-refractivity contribution in [2.45, 2.75) is 56.6 Å². The molecule has 1 spiro atoms. The zero-order valence-corrected chi connectivity index (χ0v) is 15.9. The van der Waals surface area contributed by atoms with Crippen LogP contribution in [0.15, 0.2) is 35.5 Å². The summed E-state index contributed by atoms with van der Waals surface area (Å²) in [5.74, 6) is 0.404. The summed E-state index contributed by atoms with van der Waals surface area (Å²) in [7, 11) is 2.23. The van der Waals surface area contributed by atoms with E-state index in [9.17, 15) is 5.11 Å². The standard InChI is InChI=1S/C21H29NO4/c1-4-24-12-25-20(2)8-7-13-11-15-14-5-6-16(23)18-21(14,9-10-22(15)3)17(13)19(20)26-18/h5-8,14-16,18-19,23H,4,9-12H2,1-3H3. The third-order valence-electron chi connectivity index (χ3n) is 7.40. The van der Waals surface area contributed by atoms with Gasteiger partial charge in [-0.15, -0.1) is 0 Å². The zero-order valence-electron chi connectivity index (χ0n) is 15.9. The Kier molecular flexibility index (Phi) is 3.80. The maximum absolute atomic E-state index is 10.8. The molecule has 2 fully saturated rings. The molecule has 142 valence electrons. The monoisotopic (exact) mass is 359 g/mol. The predicted molar refractivity (Wildman–Crippen MR) is 97.5 cm³/mol. The molecular weight excluding hydrogens is 330 g/mol. The predicted octanol–water partition coefficient (Wildman–Crippen LogP) is 2.03. The van der Waals surface area contributed by atoms with Gasteiger partial charge in [0, 0.05) is 24.0 Å². The van der Waals surface area contributed by atoms with E-state index in [4.69, 9.17) is 14.2 Å². The van der Waals surface area contributed by atoms with Crippen LogP contribution in [-0.2, 0) is 14.2 Å². The molecule has 0 aromatic heterocycles. The summed E-state index contributed by atoms with van der Waals surface area (Å²) < 4.78 is 18.2. The number of nitrogens with zero attached hydrogens (tertiary/aromatic N) is 1. The number of hydrogen-bond donors (Lipinski definition) is 1. The maximum Gasteiger partial charge on any atom is 0.148 e. The molecule has 1 N–H and O–H groups in total. The number of aliphatic hydroxyl groups is 1. The first-order valence-electron chi connectivity index (χ1n) is 9.88. The number of rotatable bonds is 4. The number of ether oxygens (including phenoxy) is 3. The normalized spacial score (nSPS) is 48.8. The fraction of sp³-hybridized carbons (Fsp3) is 0.714. The highest BCUT2D eigenvalue weighted by molar-refractivity contribution is 5.51. The minimum Gasteiger partial charge on any atom is -0.386 e. The quantitative estimate of drug-likeness (QED) is 0.473. The lowest BCUT2D eigenvalue weighted by Gasteiger charge is -2.57. The summed E-state index contributed by atoms with van der Waals surface area (Å²) in [6.45, 7) is 5.98. The third-order valence-corrected chi connectivity index (χ3v) is 7.40. The van der Waals surface area contributed by atoms with Crippen LogP contribution < -0.4 is 0 Å². The highest BCUT2D eigenvalue weighted by atomic mass is 16.7. The molecule has 26 heavy (non-hydrogen) atoms. The van der Waals surface area contributed by atoms with Gasteiger partial charge in [0.2, 0.25) is 0 Å². The van der Waals surface area contributed by atoms with Gasteiger partial charge in [0.05, 0.1) is 12.2 Å². The second kappa shape index (κ2) is 5.76. The van der Waals surface area contributed by atoms with Crippen molar-refractivity contribution in [2.75, 3.05) is 27.0 Å². The van der Waals surface area contributed by atoms with E-state index < -0.39 is 11.7 Å². The molecule has 2 aliphatic heterocycles. The van der Waals surface area contributed by atoms with Crippen molar-refractivity contribution in [2.24, 2.45) is 11.3 Å². The van der Waals surface area contributed by atoms with Crippen molar-refractivity contribution < 1.29 is 19.3 Å². The molecule has 5 nitrogen and oxygen atoms in total. The summed E-state index contributed by atoms with van der Waals surface area (Å²) >= 11 is 0. The lowest BCUT2D eigenvalue weighted by molar-refractivity contribution is -0.169. The van der Waals surface area contributed by atoms with E-state index in [1.807, 2.05) is 13.0 Å². The Morgan fingerprint density at radius 1 is 1.38 bits per heavy atom. The molecule has 0 aromatic carbocycles. The van der Waals surface area contributed by atoms with Gasteiger partial charge in [-0.05, 0) is 57.5 Å². The average molecular weight is 359 g/mol. The Morgan fingerprint density at radius 3 is 3.04 bits per heavy atom. The largest absolute Gasteiger partial charge is 0.386 e. The Morgan fingerprint density at radius 2 is 2.23 bits per heavy atom. The molecule has 0 aromatic rings. The fourth-order valence-corrected chi connectivity index (χ4v) is 6.10. The van der Waals surface area contributed by atoms with Gasteiger partial charge in [0.25, 0.3) is 0 Å².